The van der Waals surface area contributed by atoms with Crippen LogP contribution in [-0.4, -0.2) is 10.1 Å². The van der Waals surface area contributed by atoms with E-state index < -0.39 is 5.54 Å². The van der Waals surface area contributed by atoms with Gasteiger partial charge in [0.05, 0.1) is 5.54 Å². The normalized spacial score (nSPS) is 20.6. The summed E-state index contributed by atoms with van der Waals surface area (Å²) in [5.41, 5.74) is 8.45. The van der Waals surface area contributed by atoms with Crippen LogP contribution in [0.25, 0.3) is 0 Å². The molecule has 4 nitrogen and oxygen atoms in total. The molecule has 0 fully saturated rings. The summed E-state index contributed by atoms with van der Waals surface area (Å²) in [4.78, 5) is 4.58. The van der Waals surface area contributed by atoms with Crippen LogP contribution in [0, 0.1) is 0 Å². The molecule has 0 saturated carbocycles. The fourth-order valence-corrected chi connectivity index (χ4v) is 3.06. The van der Waals surface area contributed by atoms with E-state index in [-0.39, 0.29) is 5.92 Å². The molecule has 0 amide bonds. The topological polar surface area (TPSA) is 64.9 Å². The molecule has 1 aliphatic carbocycles. The molecule has 1 aromatic carbocycles. The van der Waals surface area contributed by atoms with Crippen molar-refractivity contribution in [2.24, 2.45) is 5.73 Å². The molecule has 0 saturated heterocycles. The average Bonchev–Trinajstić information content (AvgIpc) is 3.05. The molecule has 1 aromatic heterocycles. The number of rotatable bonds is 4. The minimum absolute atomic E-state index is 0.251. The second kappa shape index (κ2) is 5.02. The lowest BCUT2D eigenvalue weighted by molar-refractivity contribution is 0.282. The van der Waals surface area contributed by atoms with E-state index in [4.69, 9.17) is 10.3 Å². The van der Waals surface area contributed by atoms with Gasteiger partial charge in [-0.2, -0.15) is 4.98 Å². The molecule has 2 aromatic rings. The Kier molecular flexibility index (Phi) is 3.34. The van der Waals surface area contributed by atoms with Gasteiger partial charge in [-0.3, -0.25) is 0 Å². The molecule has 0 radical (unpaired) electrons. The largest absolute Gasteiger partial charge is 0.337 e. The van der Waals surface area contributed by atoms with Crippen molar-refractivity contribution in [3.8, 4) is 0 Å². The van der Waals surface area contributed by atoms with Gasteiger partial charge in [0, 0.05) is 5.92 Å². The van der Waals surface area contributed by atoms with E-state index in [2.05, 4.69) is 41.3 Å². The minimum atomic E-state index is -0.530. The van der Waals surface area contributed by atoms with Crippen LogP contribution in [0.4, 0.5) is 0 Å². The Labute approximate surface area is 119 Å². The van der Waals surface area contributed by atoms with Crippen LogP contribution in [0.2, 0.25) is 0 Å². The summed E-state index contributed by atoms with van der Waals surface area (Å²) in [7, 11) is 0. The Balaban J connectivity index is 1.89. The van der Waals surface area contributed by atoms with Gasteiger partial charge in [0.1, 0.15) is 0 Å². The molecule has 2 atom stereocenters. The second-order valence-corrected chi connectivity index (χ2v) is 5.92. The van der Waals surface area contributed by atoms with Crippen LogP contribution in [0.3, 0.4) is 0 Å². The maximum atomic E-state index is 6.26. The Morgan fingerprint density at radius 3 is 3.00 bits per heavy atom. The third-order valence-electron chi connectivity index (χ3n) is 4.14. The van der Waals surface area contributed by atoms with Gasteiger partial charge in [-0.25, -0.2) is 0 Å². The molecule has 1 heterocycles. The number of aromatic nitrogens is 2. The quantitative estimate of drug-likeness (QED) is 0.928. The number of aryl methyl sites for hydroxylation is 1. The van der Waals surface area contributed by atoms with Crippen molar-refractivity contribution in [1.29, 1.82) is 0 Å². The lowest BCUT2D eigenvalue weighted by Gasteiger charge is -2.18. The third kappa shape index (κ3) is 2.24. The van der Waals surface area contributed by atoms with Crippen molar-refractivity contribution in [2.45, 2.75) is 51.0 Å². The number of hydrogen-bond acceptors (Lipinski definition) is 4. The molecule has 1 aliphatic rings. The highest BCUT2D eigenvalue weighted by Gasteiger charge is 2.32. The lowest BCUT2D eigenvalue weighted by atomic mass is 9.97. The van der Waals surface area contributed by atoms with Gasteiger partial charge in [0.2, 0.25) is 5.89 Å². The SMILES string of the molecule is CCCC(C)(N)c1nc(C2CCc3ccccc32)no1. The summed E-state index contributed by atoms with van der Waals surface area (Å²) in [6, 6.07) is 8.50. The van der Waals surface area contributed by atoms with Gasteiger partial charge >= 0.3 is 0 Å². The van der Waals surface area contributed by atoms with Crippen LogP contribution in [0.1, 0.15) is 61.9 Å². The number of nitrogens with two attached hydrogens (primary N) is 1. The van der Waals surface area contributed by atoms with Crippen molar-refractivity contribution < 1.29 is 4.52 Å². The van der Waals surface area contributed by atoms with Crippen molar-refractivity contribution in [3.63, 3.8) is 0 Å². The maximum Gasteiger partial charge on any atom is 0.246 e. The van der Waals surface area contributed by atoms with Gasteiger partial charge in [-0.1, -0.05) is 42.8 Å². The van der Waals surface area contributed by atoms with E-state index >= 15 is 0 Å². The van der Waals surface area contributed by atoms with Crippen LogP contribution in [0.15, 0.2) is 28.8 Å². The zero-order chi connectivity index (χ0) is 14.2. The smallest absolute Gasteiger partial charge is 0.246 e. The van der Waals surface area contributed by atoms with Gasteiger partial charge in [0.15, 0.2) is 5.82 Å². The van der Waals surface area contributed by atoms with Gasteiger partial charge in [0.25, 0.3) is 0 Å². The zero-order valence-corrected chi connectivity index (χ0v) is 12.1. The first-order valence-electron chi connectivity index (χ1n) is 7.32. The third-order valence-corrected chi connectivity index (χ3v) is 4.14. The van der Waals surface area contributed by atoms with E-state index in [1.54, 1.807) is 0 Å². The summed E-state index contributed by atoms with van der Waals surface area (Å²) >= 11 is 0. The zero-order valence-electron chi connectivity index (χ0n) is 12.1. The number of fused-ring (bicyclic) bond motifs is 1. The Hall–Kier alpha value is -1.68. The summed E-state index contributed by atoms with van der Waals surface area (Å²) in [5.74, 6) is 1.58. The molecule has 2 unspecified atom stereocenters. The standard InChI is InChI=1S/C16H21N3O/c1-3-10-16(2,17)15-18-14(19-20-15)13-9-8-11-6-4-5-7-12(11)13/h4-7,13H,3,8-10,17H2,1-2H3. The first-order valence-corrected chi connectivity index (χ1v) is 7.32. The van der Waals surface area contributed by atoms with Gasteiger partial charge in [-0.15, -0.1) is 0 Å². The predicted octanol–water partition coefficient (Wildman–Crippen LogP) is 3.12. The molecule has 0 spiro atoms. The fraction of sp³-hybridized carbons (Fsp3) is 0.500. The molecule has 20 heavy (non-hydrogen) atoms. The molecule has 0 bridgehead atoms. The minimum Gasteiger partial charge on any atom is -0.337 e. The van der Waals surface area contributed by atoms with E-state index in [0.29, 0.717) is 5.89 Å². The number of benzene rings is 1. The molecular weight excluding hydrogens is 250 g/mol. The van der Waals surface area contributed by atoms with Crippen LogP contribution >= 0.6 is 0 Å². The molecule has 2 N–H and O–H groups in total. The van der Waals surface area contributed by atoms with Crippen LogP contribution in [-0.2, 0) is 12.0 Å². The monoisotopic (exact) mass is 271 g/mol. The van der Waals surface area contributed by atoms with Crippen molar-refractivity contribution >= 4 is 0 Å². The van der Waals surface area contributed by atoms with E-state index in [0.717, 1.165) is 31.5 Å². The first-order chi connectivity index (χ1) is 9.62. The summed E-state index contributed by atoms with van der Waals surface area (Å²) in [6.45, 7) is 4.06. The van der Waals surface area contributed by atoms with Gasteiger partial charge in [-0.05, 0) is 37.3 Å². The lowest BCUT2D eigenvalue weighted by Crippen LogP contribution is -2.33. The highest BCUT2D eigenvalue weighted by atomic mass is 16.5. The molecule has 106 valence electrons. The Morgan fingerprint density at radius 1 is 1.40 bits per heavy atom. The summed E-state index contributed by atoms with van der Waals surface area (Å²) in [6.07, 6.45) is 3.97. The summed E-state index contributed by atoms with van der Waals surface area (Å²) < 4.78 is 5.42. The van der Waals surface area contributed by atoms with Crippen LogP contribution < -0.4 is 5.73 Å². The van der Waals surface area contributed by atoms with E-state index in [1.807, 2.05) is 6.92 Å². The highest BCUT2D eigenvalue weighted by Crippen LogP contribution is 2.37. The Bertz CT molecular complexity index is 603. The molecule has 3 rings (SSSR count). The number of nitrogens with zero attached hydrogens (tertiary/aromatic N) is 2. The highest BCUT2D eigenvalue weighted by molar-refractivity contribution is 5.38. The second-order valence-electron chi connectivity index (χ2n) is 5.92. The van der Waals surface area contributed by atoms with Gasteiger partial charge < -0.3 is 10.3 Å². The van der Waals surface area contributed by atoms with Crippen molar-refractivity contribution in [1.82, 2.24) is 10.1 Å². The van der Waals surface area contributed by atoms with E-state index in [1.165, 1.54) is 11.1 Å². The predicted molar refractivity (Wildman–Crippen MR) is 77.4 cm³/mol. The Morgan fingerprint density at radius 2 is 2.20 bits per heavy atom. The van der Waals surface area contributed by atoms with E-state index in [9.17, 15) is 0 Å². The summed E-state index contributed by atoms with van der Waals surface area (Å²) in [5, 5.41) is 4.18. The first kappa shape index (κ1) is 13.3. The molecular formula is C16H21N3O. The fourth-order valence-electron chi connectivity index (χ4n) is 3.06. The molecule has 0 aliphatic heterocycles. The van der Waals surface area contributed by atoms with Crippen molar-refractivity contribution in [3.05, 3.63) is 47.1 Å². The van der Waals surface area contributed by atoms with Crippen LogP contribution in [0.5, 0.6) is 0 Å². The molecule has 4 heteroatoms. The average molecular weight is 271 g/mol. The van der Waals surface area contributed by atoms with Crippen molar-refractivity contribution in [2.75, 3.05) is 0 Å². The number of hydrogen-bond donors (Lipinski definition) is 1. The maximum absolute atomic E-state index is 6.26.